The van der Waals surface area contributed by atoms with Gasteiger partial charge in [0.15, 0.2) is 22.5 Å². The van der Waals surface area contributed by atoms with Gasteiger partial charge in [-0.15, -0.1) is 10.2 Å². The van der Waals surface area contributed by atoms with Crippen LogP contribution in [0.3, 0.4) is 0 Å². The number of methoxy groups -OCH3 is 2. The molecule has 146 valence electrons. The van der Waals surface area contributed by atoms with Crippen molar-refractivity contribution in [1.82, 2.24) is 14.8 Å². The zero-order chi connectivity index (χ0) is 20.1. The van der Waals surface area contributed by atoms with E-state index < -0.39 is 0 Å². The van der Waals surface area contributed by atoms with Gasteiger partial charge >= 0.3 is 0 Å². The Kier molecular flexibility index (Phi) is 6.43. The number of aromatic nitrogens is 3. The van der Waals surface area contributed by atoms with Crippen LogP contribution in [0.15, 0.2) is 47.6 Å². The zero-order valence-corrected chi connectivity index (χ0v) is 17.2. The lowest BCUT2D eigenvalue weighted by molar-refractivity contribution is -0.113. The lowest BCUT2D eigenvalue weighted by atomic mass is 10.2. The van der Waals surface area contributed by atoms with Crippen molar-refractivity contribution in [1.29, 1.82) is 0 Å². The number of amides is 1. The number of carbonyl (C=O) groups is 1. The Morgan fingerprint density at radius 2 is 1.93 bits per heavy atom. The second-order valence-electron chi connectivity index (χ2n) is 5.78. The van der Waals surface area contributed by atoms with E-state index in [1.54, 1.807) is 38.5 Å². The molecule has 1 aromatic heterocycles. The summed E-state index contributed by atoms with van der Waals surface area (Å²) in [6.45, 7) is 0. The molecule has 0 saturated heterocycles. The maximum absolute atomic E-state index is 12.3. The van der Waals surface area contributed by atoms with Crippen molar-refractivity contribution in [3.63, 3.8) is 0 Å². The molecule has 0 saturated carbocycles. The van der Waals surface area contributed by atoms with Crippen LogP contribution in [0.2, 0.25) is 5.02 Å². The summed E-state index contributed by atoms with van der Waals surface area (Å²) in [6.07, 6.45) is 0. The lowest BCUT2D eigenvalue weighted by Gasteiger charge is -2.10. The predicted molar refractivity (Wildman–Crippen MR) is 110 cm³/mol. The summed E-state index contributed by atoms with van der Waals surface area (Å²) in [5.41, 5.74) is 1.49. The predicted octanol–water partition coefficient (Wildman–Crippen LogP) is 3.88. The van der Waals surface area contributed by atoms with E-state index in [9.17, 15) is 4.79 Å². The van der Waals surface area contributed by atoms with Crippen molar-refractivity contribution in [2.75, 3.05) is 25.3 Å². The molecule has 0 atom stereocenters. The summed E-state index contributed by atoms with van der Waals surface area (Å²) in [6, 6.07) is 12.6. The van der Waals surface area contributed by atoms with Crippen molar-refractivity contribution in [3.05, 3.63) is 47.5 Å². The van der Waals surface area contributed by atoms with Crippen LogP contribution >= 0.6 is 23.4 Å². The number of ether oxygens (including phenoxy) is 2. The first-order valence-corrected chi connectivity index (χ1v) is 9.68. The van der Waals surface area contributed by atoms with Gasteiger partial charge in [-0.1, -0.05) is 35.5 Å². The van der Waals surface area contributed by atoms with Gasteiger partial charge in [-0.25, -0.2) is 0 Å². The van der Waals surface area contributed by atoms with Crippen LogP contribution in [0.1, 0.15) is 0 Å². The smallest absolute Gasteiger partial charge is 0.234 e. The van der Waals surface area contributed by atoms with E-state index in [0.717, 1.165) is 5.56 Å². The van der Waals surface area contributed by atoms with Crippen LogP contribution in [0.5, 0.6) is 11.5 Å². The van der Waals surface area contributed by atoms with Crippen LogP contribution in [-0.4, -0.2) is 40.6 Å². The average molecular weight is 419 g/mol. The first kappa shape index (κ1) is 20.0. The molecular formula is C19H19ClN4O3S. The maximum Gasteiger partial charge on any atom is 0.234 e. The van der Waals surface area contributed by atoms with E-state index in [1.807, 2.05) is 29.8 Å². The van der Waals surface area contributed by atoms with E-state index in [4.69, 9.17) is 21.1 Å². The molecule has 9 heteroatoms. The molecule has 28 heavy (non-hydrogen) atoms. The highest BCUT2D eigenvalue weighted by atomic mass is 35.5. The fourth-order valence-corrected chi connectivity index (χ4v) is 3.46. The highest BCUT2D eigenvalue weighted by Crippen LogP contribution is 2.30. The largest absolute Gasteiger partial charge is 0.493 e. The van der Waals surface area contributed by atoms with E-state index in [2.05, 4.69) is 15.5 Å². The molecule has 1 heterocycles. The van der Waals surface area contributed by atoms with Gasteiger partial charge in [-0.05, 0) is 24.3 Å². The van der Waals surface area contributed by atoms with Crippen LogP contribution in [-0.2, 0) is 11.8 Å². The van der Waals surface area contributed by atoms with Gasteiger partial charge in [0, 0.05) is 29.4 Å². The molecule has 0 spiro atoms. The van der Waals surface area contributed by atoms with Crippen LogP contribution < -0.4 is 14.8 Å². The number of rotatable bonds is 7. The number of hydrogen-bond donors (Lipinski definition) is 1. The summed E-state index contributed by atoms with van der Waals surface area (Å²) < 4.78 is 12.3. The SMILES string of the molecule is COc1ccc(NC(=O)CSc2nnc(-c3cccc(Cl)c3)n2C)cc1OC. The van der Waals surface area contributed by atoms with Gasteiger partial charge in [0.1, 0.15) is 0 Å². The number of hydrogen-bond acceptors (Lipinski definition) is 6. The van der Waals surface area contributed by atoms with Crippen LogP contribution in [0, 0.1) is 0 Å². The summed E-state index contributed by atoms with van der Waals surface area (Å²) in [5.74, 6) is 1.86. The molecule has 1 amide bonds. The Morgan fingerprint density at radius 3 is 2.64 bits per heavy atom. The quantitative estimate of drug-likeness (QED) is 0.586. The number of anilines is 1. The van der Waals surface area contributed by atoms with Crippen molar-refractivity contribution in [2.24, 2.45) is 7.05 Å². The lowest BCUT2D eigenvalue weighted by Crippen LogP contribution is -2.14. The highest BCUT2D eigenvalue weighted by Gasteiger charge is 2.14. The molecule has 0 radical (unpaired) electrons. The average Bonchev–Trinajstić information content (AvgIpc) is 3.06. The number of carbonyl (C=O) groups excluding carboxylic acids is 1. The highest BCUT2D eigenvalue weighted by molar-refractivity contribution is 7.99. The standard InChI is InChI=1S/C19H19ClN4O3S/c1-24-18(12-5-4-6-13(20)9-12)22-23-19(24)28-11-17(25)21-14-7-8-15(26-2)16(10-14)27-3/h4-10H,11H2,1-3H3,(H,21,25). The van der Waals surface area contributed by atoms with E-state index >= 15 is 0 Å². The van der Waals surface area contributed by atoms with Crippen LogP contribution in [0.4, 0.5) is 5.69 Å². The molecule has 0 aliphatic rings. The third kappa shape index (κ3) is 4.58. The van der Waals surface area contributed by atoms with Crippen LogP contribution in [0.25, 0.3) is 11.4 Å². The molecule has 3 aromatic rings. The molecule has 0 aliphatic carbocycles. The summed E-state index contributed by atoms with van der Waals surface area (Å²) >= 11 is 7.34. The second-order valence-corrected chi connectivity index (χ2v) is 7.16. The summed E-state index contributed by atoms with van der Waals surface area (Å²) in [4.78, 5) is 12.3. The minimum atomic E-state index is -0.162. The number of nitrogens with one attached hydrogen (secondary N) is 1. The van der Waals surface area contributed by atoms with Gasteiger partial charge < -0.3 is 19.4 Å². The van der Waals surface area contributed by atoms with Crippen molar-refractivity contribution in [2.45, 2.75) is 5.16 Å². The Labute approximate surface area is 172 Å². The second kappa shape index (κ2) is 8.99. The third-order valence-corrected chi connectivity index (χ3v) is 5.17. The molecule has 1 N–H and O–H groups in total. The Morgan fingerprint density at radius 1 is 1.14 bits per heavy atom. The van der Waals surface area contributed by atoms with E-state index in [-0.39, 0.29) is 11.7 Å². The monoisotopic (exact) mass is 418 g/mol. The zero-order valence-electron chi connectivity index (χ0n) is 15.6. The first-order valence-electron chi connectivity index (χ1n) is 8.32. The van der Waals surface area contributed by atoms with Gasteiger partial charge in [0.2, 0.25) is 5.91 Å². The number of nitrogens with zero attached hydrogens (tertiary/aromatic N) is 3. The van der Waals surface area contributed by atoms with E-state index in [0.29, 0.717) is 33.2 Å². The van der Waals surface area contributed by atoms with Crippen molar-refractivity contribution < 1.29 is 14.3 Å². The fraction of sp³-hybridized carbons (Fsp3) is 0.211. The van der Waals surface area contributed by atoms with Gasteiger partial charge in [-0.3, -0.25) is 4.79 Å². The molecule has 0 fully saturated rings. The Balaban J connectivity index is 1.64. The Hall–Kier alpha value is -2.71. The third-order valence-electron chi connectivity index (χ3n) is 3.92. The maximum atomic E-state index is 12.3. The molecular weight excluding hydrogens is 400 g/mol. The summed E-state index contributed by atoms with van der Waals surface area (Å²) in [5, 5.41) is 12.5. The molecule has 7 nitrogen and oxygen atoms in total. The normalized spacial score (nSPS) is 10.6. The topological polar surface area (TPSA) is 78.3 Å². The summed E-state index contributed by atoms with van der Waals surface area (Å²) in [7, 11) is 4.96. The number of halogens is 1. The molecule has 0 aliphatic heterocycles. The number of thioether (sulfide) groups is 1. The molecule has 3 rings (SSSR count). The van der Waals surface area contributed by atoms with Gasteiger partial charge in [0.05, 0.1) is 20.0 Å². The minimum Gasteiger partial charge on any atom is -0.493 e. The van der Waals surface area contributed by atoms with Crippen molar-refractivity contribution in [3.8, 4) is 22.9 Å². The van der Waals surface area contributed by atoms with Gasteiger partial charge in [0.25, 0.3) is 0 Å². The fourth-order valence-electron chi connectivity index (χ4n) is 2.56. The molecule has 0 unspecified atom stereocenters. The minimum absolute atomic E-state index is 0.162. The molecule has 2 aromatic carbocycles. The van der Waals surface area contributed by atoms with Gasteiger partial charge in [-0.2, -0.15) is 0 Å². The first-order chi connectivity index (χ1) is 13.5. The Bertz CT molecular complexity index is 993. The molecule has 0 bridgehead atoms. The van der Waals surface area contributed by atoms with E-state index in [1.165, 1.54) is 11.8 Å². The number of benzene rings is 2. The van der Waals surface area contributed by atoms with Crippen molar-refractivity contribution >= 4 is 35.0 Å².